The Kier molecular flexibility index (Phi) is 5.43. The van der Waals surface area contributed by atoms with Crippen molar-refractivity contribution in [2.75, 3.05) is 39.4 Å². The first-order chi connectivity index (χ1) is 11.9. The van der Waals surface area contributed by atoms with E-state index in [2.05, 4.69) is 26.7 Å². The maximum absolute atomic E-state index is 12.6. The van der Waals surface area contributed by atoms with Crippen molar-refractivity contribution >= 4 is 5.91 Å². The van der Waals surface area contributed by atoms with Gasteiger partial charge in [0.15, 0.2) is 0 Å². The quantitative estimate of drug-likeness (QED) is 0.825. The lowest BCUT2D eigenvalue weighted by molar-refractivity contribution is -0.140. The van der Waals surface area contributed by atoms with Gasteiger partial charge in [-0.1, -0.05) is 20.8 Å². The topological polar surface area (TPSA) is 63.5 Å². The van der Waals surface area contributed by atoms with Crippen molar-refractivity contribution in [2.24, 2.45) is 12.5 Å². The minimum absolute atomic E-state index is 0.230. The van der Waals surface area contributed by atoms with E-state index >= 15 is 0 Å². The van der Waals surface area contributed by atoms with Gasteiger partial charge >= 0.3 is 0 Å². The number of hydrogen-bond acceptors (Lipinski definition) is 5. The molecule has 2 saturated heterocycles. The summed E-state index contributed by atoms with van der Waals surface area (Å²) in [6.45, 7) is 11.8. The summed E-state index contributed by atoms with van der Waals surface area (Å²) in [5.74, 6) is 2.51. The van der Waals surface area contributed by atoms with Crippen molar-refractivity contribution in [3.05, 3.63) is 11.6 Å². The number of likely N-dealkylation sites (tertiary alicyclic amines) is 1. The summed E-state index contributed by atoms with van der Waals surface area (Å²) >= 11 is 0. The number of ether oxygens (including phenoxy) is 1. The Morgan fingerprint density at radius 2 is 1.92 bits per heavy atom. The summed E-state index contributed by atoms with van der Waals surface area (Å²) in [6, 6.07) is 0. The van der Waals surface area contributed by atoms with Crippen molar-refractivity contribution in [1.29, 1.82) is 0 Å². The monoisotopic (exact) mass is 349 g/mol. The molecule has 1 aromatic rings. The van der Waals surface area contributed by atoms with Crippen LogP contribution in [0.3, 0.4) is 0 Å². The highest BCUT2D eigenvalue weighted by Gasteiger charge is 2.33. The molecule has 0 bridgehead atoms. The highest BCUT2D eigenvalue weighted by Crippen LogP contribution is 2.29. The van der Waals surface area contributed by atoms with Crippen LogP contribution in [0, 0.1) is 5.41 Å². The van der Waals surface area contributed by atoms with Gasteiger partial charge in [0.05, 0.1) is 19.8 Å². The first-order valence-electron chi connectivity index (χ1n) is 9.34. The third-order valence-corrected chi connectivity index (χ3v) is 5.18. The van der Waals surface area contributed by atoms with Gasteiger partial charge in [-0.2, -0.15) is 0 Å². The minimum Gasteiger partial charge on any atom is -0.379 e. The molecule has 2 aliphatic rings. The lowest BCUT2D eigenvalue weighted by Crippen LogP contribution is -2.45. The molecule has 25 heavy (non-hydrogen) atoms. The van der Waals surface area contributed by atoms with Crippen molar-refractivity contribution in [2.45, 2.75) is 46.1 Å². The van der Waals surface area contributed by atoms with Crippen molar-refractivity contribution in [1.82, 2.24) is 24.6 Å². The van der Waals surface area contributed by atoms with E-state index in [9.17, 15) is 4.79 Å². The largest absolute Gasteiger partial charge is 0.379 e. The molecule has 0 N–H and O–H groups in total. The number of piperidine rings is 1. The van der Waals surface area contributed by atoms with Crippen LogP contribution in [0.2, 0.25) is 0 Å². The summed E-state index contributed by atoms with van der Waals surface area (Å²) in [5.41, 5.74) is -0.330. The van der Waals surface area contributed by atoms with Gasteiger partial charge in [0.2, 0.25) is 5.91 Å². The van der Waals surface area contributed by atoms with Gasteiger partial charge in [-0.25, -0.2) is 0 Å². The van der Waals surface area contributed by atoms with Crippen LogP contribution in [0.1, 0.15) is 51.2 Å². The second kappa shape index (κ2) is 7.41. The summed E-state index contributed by atoms with van der Waals surface area (Å²) in [7, 11) is 2.05. The zero-order chi connectivity index (χ0) is 18.0. The normalized spacial score (nSPS) is 23.0. The standard InChI is InChI=1S/C18H31N5O2/c1-18(2,3)17(24)23-7-5-6-14(12-23)16-20-19-15(21(16)4)13-22-8-10-25-11-9-22/h14H,5-13H2,1-4H3/t14-/m1/s1. The third-order valence-electron chi connectivity index (χ3n) is 5.18. The molecule has 0 spiro atoms. The fraction of sp³-hybridized carbons (Fsp3) is 0.833. The summed E-state index contributed by atoms with van der Waals surface area (Å²) < 4.78 is 7.54. The molecule has 0 aliphatic carbocycles. The molecular formula is C18H31N5O2. The Morgan fingerprint density at radius 1 is 1.20 bits per heavy atom. The molecule has 7 heteroatoms. The zero-order valence-electron chi connectivity index (χ0n) is 16.0. The maximum atomic E-state index is 12.6. The van der Waals surface area contributed by atoms with Crippen LogP contribution in [0.4, 0.5) is 0 Å². The van der Waals surface area contributed by atoms with E-state index < -0.39 is 0 Å². The van der Waals surface area contributed by atoms with E-state index in [0.29, 0.717) is 0 Å². The van der Waals surface area contributed by atoms with Crippen LogP contribution in [0.25, 0.3) is 0 Å². The molecule has 7 nitrogen and oxygen atoms in total. The van der Waals surface area contributed by atoms with Crippen LogP contribution in [-0.2, 0) is 23.1 Å². The van der Waals surface area contributed by atoms with Crippen molar-refractivity contribution in [3.63, 3.8) is 0 Å². The van der Waals surface area contributed by atoms with Crippen LogP contribution >= 0.6 is 0 Å². The van der Waals surface area contributed by atoms with Gasteiger partial charge in [0, 0.05) is 44.6 Å². The summed E-state index contributed by atoms with van der Waals surface area (Å²) in [4.78, 5) is 17.0. The van der Waals surface area contributed by atoms with Crippen LogP contribution < -0.4 is 0 Å². The second-order valence-electron chi connectivity index (χ2n) is 8.26. The Morgan fingerprint density at radius 3 is 2.60 bits per heavy atom. The summed E-state index contributed by atoms with van der Waals surface area (Å²) in [6.07, 6.45) is 2.09. The maximum Gasteiger partial charge on any atom is 0.227 e. The number of hydrogen-bond donors (Lipinski definition) is 0. The van der Waals surface area contributed by atoms with Gasteiger partial charge in [-0.05, 0) is 12.8 Å². The van der Waals surface area contributed by atoms with E-state index in [1.807, 2.05) is 25.7 Å². The van der Waals surface area contributed by atoms with E-state index in [1.165, 1.54) is 0 Å². The van der Waals surface area contributed by atoms with Crippen LogP contribution in [0.5, 0.6) is 0 Å². The molecule has 0 radical (unpaired) electrons. The van der Waals surface area contributed by atoms with Crippen LogP contribution in [-0.4, -0.2) is 69.9 Å². The molecule has 0 saturated carbocycles. The lowest BCUT2D eigenvalue weighted by atomic mass is 9.91. The SMILES string of the molecule is Cn1c(CN2CCOCC2)nnc1[C@@H]1CCCN(C(=O)C(C)(C)C)C1. The van der Waals surface area contributed by atoms with Gasteiger partial charge in [-0.15, -0.1) is 10.2 Å². The number of carbonyl (C=O) groups is 1. The molecule has 0 unspecified atom stereocenters. The Hall–Kier alpha value is -1.47. The Labute approximate surface area is 150 Å². The second-order valence-corrected chi connectivity index (χ2v) is 8.26. The number of morpholine rings is 1. The lowest BCUT2D eigenvalue weighted by Gasteiger charge is -2.36. The molecule has 3 heterocycles. The number of aromatic nitrogens is 3. The van der Waals surface area contributed by atoms with Gasteiger partial charge in [0.1, 0.15) is 11.6 Å². The molecule has 1 amide bonds. The third kappa shape index (κ3) is 4.20. The molecule has 2 aliphatic heterocycles. The number of amides is 1. The molecule has 1 aromatic heterocycles. The van der Waals surface area contributed by atoms with E-state index in [1.54, 1.807) is 0 Å². The number of carbonyl (C=O) groups excluding carboxylic acids is 1. The fourth-order valence-corrected chi connectivity index (χ4v) is 3.67. The van der Waals surface area contributed by atoms with Gasteiger partial charge in [-0.3, -0.25) is 9.69 Å². The van der Waals surface area contributed by atoms with Gasteiger partial charge < -0.3 is 14.2 Å². The smallest absolute Gasteiger partial charge is 0.227 e. The Balaban J connectivity index is 1.68. The van der Waals surface area contributed by atoms with Crippen molar-refractivity contribution in [3.8, 4) is 0 Å². The predicted molar refractivity (Wildman–Crippen MR) is 95.1 cm³/mol. The minimum atomic E-state index is -0.330. The molecule has 2 fully saturated rings. The van der Waals surface area contributed by atoms with Crippen LogP contribution in [0.15, 0.2) is 0 Å². The Bertz CT molecular complexity index is 601. The molecular weight excluding hydrogens is 318 g/mol. The first-order valence-corrected chi connectivity index (χ1v) is 9.34. The number of nitrogens with zero attached hydrogens (tertiary/aromatic N) is 5. The zero-order valence-corrected chi connectivity index (χ0v) is 16.0. The number of rotatable bonds is 3. The highest BCUT2D eigenvalue weighted by atomic mass is 16.5. The fourth-order valence-electron chi connectivity index (χ4n) is 3.67. The first kappa shape index (κ1) is 18.3. The van der Waals surface area contributed by atoms with E-state index in [-0.39, 0.29) is 17.2 Å². The summed E-state index contributed by atoms with van der Waals surface area (Å²) in [5, 5.41) is 8.91. The molecule has 1 atom stereocenters. The highest BCUT2D eigenvalue weighted by molar-refractivity contribution is 5.81. The van der Waals surface area contributed by atoms with E-state index in [0.717, 1.165) is 70.4 Å². The molecule has 0 aromatic carbocycles. The molecule has 140 valence electrons. The van der Waals surface area contributed by atoms with Gasteiger partial charge in [0.25, 0.3) is 0 Å². The average molecular weight is 349 g/mol. The molecule has 3 rings (SSSR count). The average Bonchev–Trinajstić information content (AvgIpc) is 2.95. The predicted octanol–water partition coefficient (Wildman–Crippen LogP) is 1.40. The van der Waals surface area contributed by atoms with E-state index in [4.69, 9.17) is 4.74 Å². The van der Waals surface area contributed by atoms with Crippen molar-refractivity contribution < 1.29 is 9.53 Å².